The van der Waals surface area contributed by atoms with Crippen molar-refractivity contribution >= 4 is 23.4 Å². The number of nitrogens with one attached hydrogen (secondary N) is 1. The Balaban J connectivity index is 1.25. The van der Waals surface area contributed by atoms with E-state index in [4.69, 9.17) is 0 Å². The average molecular weight is 432 g/mol. The van der Waals surface area contributed by atoms with Gasteiger partial charge in [-0.15, -0.1) is 11.8 Å². The third-order valence-corrected chi connectivity index (χ3v) is 6.71. The van der Waals surface area contributed by atoms with E-state index in [-0.39, 0.29) is 5.91 Å². The van der Waals surface area contributed by atoms with Crippen LogP contribution < -0.4 is 10.2 Å². The van der Waals surface area contributed by atoms with Gasteiger partial charge in [-0.1, -0.05) is 42.5 Å². The Kier molecular flexibility index (Phi) is 7.28. The number of likely N-dealkylation sites (N-methyl/N-ethyl adjacent to an activating group) is 1. The zero-order valence-corrected chi connectivity index (χ0v) is 18.8. The molecule has 1 aliphatic heterocycles. The Morgan fingerprint density at radius 2 is 1.48 bits per heavy atom. The molecule has 3 aromatic carbocycles. The summed E-state index contributed by atoms with van der Waals surface area (Å²) in [5.74, 6) is 0.858. The van der Waals surface area contributed by atoms with Crippen molar-refractivity contribution in [3.63, 3.8) is 0 Å². The summed E-state index contributed by atoms with van der Waals surface area (Å²) in [6, 6.07) is 26.8. The average Bonchev–Trinajstić information content (AvgIpc) is 2.83. The molecule has 0 spiro atoms. The molecule has 0 aliphatic carbocycles. The predicted octanol–water partition coefficient (Wildman–Crippen LogP) is 4.66. The zero-order valence-electron chi connectivity index (χ0n) is 18.0. The molecule has 1 amide bonds. The van der Waals surface area contributed by atoms with Crippen LogP contribution in [0.2, 0.25) is 0 Å². The Morgan fingerprint density at radius 1 is 0.839 bits per heavy atom. The van der Waals surface area contributed by atoms with Crippen LogP contribution in [0.25, 0.3) is 0 Å². The van der Waals surface area contributed by atoms with E-state index in [1.807, 2.05) is 30.3 Å². The molecule has 4 nitrogen and oxygen atoms in total. The largest absolute Gasteiger partial charge is 0.369 e. The fraction of sp³-hybridized carbons (Fsp3) is 0.269. The van der Waals surface area contributed by atoms with Crippen LogP contribution in [0.5, 0.6) is 0 Å². The van der Waals surface area contributed by atoms with E-state index < -0.39 is 0 Å². The molecule has 160 valence electrons. The summed E-state index contributed by atoms with van der Waals surface area (Å²) in [5, 5.41) is 3.03. The van der Waals surface area contributed by atoms with E-state index in [0.717, 1.165) is 37.5 Å². The lowest BCUT2D eigenvalue weighted by atomic mass is 10.1. The monoisotopic (exact) mass is 431 g/mol. The predicted molar refractivity (Wildman–Crippen MR) is 130 cm³/mol. The fourth-order valence-electron chi connectivity index (χ4n) is 3.61. The van der Waals surface area contributed by atoms with Crippen molar-refractivity contribution < 1.29 is 4.79 Å². The summed E-state index contributed by atoms with van der Waals surface area (Å²) in [6.45, 7) is 4.86. The number of nitrogens with zero attached hydrogens (tertiary/aromatic N) is 2. The van der Waals surface area contributed by atoms with Crippen molar-refractivity contribution in [3.8, 4) is 0 Å². The Morgan fingerprint density at radius 3 is 2.16 bits per heavy atom. The molecule has 1 N–H and O–H groups in total. The zero-order chi connectivity index (χ0) is 21.5. The van der Waals surface area contributed by atoms with E-state index in [1.54, 1.807) is 11.8 Å². The van der Waals surface area contributed by atoms with Gasteiger partial charge in [0.1, 0.15) is 0 Å². The van der Waals surface area contributed by atoms with Crippen molar-refractivity contribution in [2.45, 2.75) is 17.2 Å². The number of carbonyl (C=O) groups is 1. The minimum absolute atomic E-state index is 0.0367. The van der Waals surface area contributed by atoms with E-state index in [1.165, 1.54) is 16.1 Å². The first-order valence-corrected chi connectivity index (χ1v) is 11.7. The quantitative estimate of drug-likeness (QED) is 0.552. The van der Waals surface area contributed by atoms with E-state index in [0.29, 0.717) is 12.1 Å². The lowest BCUT2D eigenvalue weighted by Crippen LogP contribution is -2.44. The third-order valence-electron chi connectivity index (χ3n) is 5.62. The van der Waals surface area contributed by atoms with Crippen LogP contribution in [-0.4, -0.2) is 44.0 Å². The number of thioether (sulfide) groups is 1. The first-order valence-electron chi connectivity index (χ1n) is 10.7. The highest BCUT2D eigenvalue weighted by Gasteiger charge is 2.14. The van der Waals surface area contributed by atoms with E-state index in [2.05, 4.69) is 70.7 Å². The molecule has 1 heterocycles. The van der Waals surface area contributed by atoms with Crippen LogP contribution in [0.15, 0.2) is 83.8 Å². The van der Waals surface area contributed by atoms with Gasteiger partial charge in [-0.25, -0.2) is 0 Å². The number of anilines is 1. The van der Waals surface area contributed by atoms with Crippen LogP contribution in [0.3, 0.4) is 0 Å². The van der Waals surface area contributed by atoms with Gasteiger partial charge in [0.2, 0.25) is 0 Å². The molecule has 1 saturated heterocycles. The molecule has 5 heteroatoms. The molecule has 0 radical (unpaired) electrons. The second-order valence-electron chi connectivity index (χ2n) is 7.94. The maximum atomic E-state index is 12.5. The van der Waals surface area contributed by atoms with Crippen molar-refractivity contribution in [2.24, 2.45) is 0 Å². The molecule has 0 saturated carbocycles. The Labute approximate surface area is 189 Å². The molecule has 1 fully saturated rings. The number of hydrogen-bond donors (Lipinski definition) is 1. The molecule has 0 aromatic heterocycles. The maximum Gasteiger partial charge on any atom is 0.251 e. The maximum absolute atomic E-state index is 12.5. The second-order valence-corrected chi connectivity index (χ2v) is 8.99. The van der Waals surface area contributed by atoms with Crippen LogP contribution in [0, 0.1) is 0 Å². The minimum Gasteiger partial charge on any atom is -0.369 e. The van der Waals surface area contributed by atoms with E-state index in [9.17, 15) is 4.79 Å². The van der Waals surface area contributed by atoms with E-state index >= 15 is 0 Å². The molecule has 4 rings (SSSR count). The lowest BCUT2D eigenvalue weighted by Gasteiger charge is -2.34. The van der Waals surface area contributed by atoms with Crippen LogP contribution in [0.1, 0.15) is 21.5 Å². The minimum atomic E-state index is -0.0367. The van der Waals surface area contributed by atoms with Crippen molar-refractivity contribution in [3.05, 3.63) is 95.6 Å². The van der Waals surface area contributed by atoms with Crippen LogP contribution in [0.4, 0.5) is 5.69 Å². The highest BCUT2D eigenvalue weighted by atomic mass is 32.2. The molecule has 0 bridgehead atoms. The summed E-state index contributed by atoms with van der Waals surface area (Å²) < 4.78 is 0. The molecule has 1 aliphatic rings. The standard InChI is InChI=1S/C26H29N3OS/c1-28-15-17-29(18-16-28)24-13-9-21(10-14-24)19-27-26(30)23-11-7-22(8-12-23)20-31-25-5-3-2-4-6-25/h2-14H,15-20H2,1H3,(H,27,30). The number of piperazine rings is 1. The van der Waals surface area contributed by atoms with Crippen molar-refractivity contribution in [1.82, 2.24) is 10.2 Å². The van der Waals surface area contributed by atoms with Gasteiger partial charge in [-0.2, -0.15) is 0 Å². The normalized spacial score (nSPS) is 14.4. The summed E-state index contributed by atoms with van der Waals surface area (Å²) in [7, 11) is 2.17. The topological polar surface area (TPSA) is 35.6 Å². The summed E-state index contributed by atoms with van der Waals surface area (Å²) in [6.07, 6.45) is 0. The lowest BCUT2D eigenvalue weighted by molar-refractivity contribution is 0.0951. The number of carbonyl (C=O) groups excluding carboxylic acids is 1. The number of amides is 1. The van der Waals surface area contributed by atoms with Gasteiger partial charge in [0.15, 0.2) is 0 Å². The molecular weight excluding hydrogens is 402 g/mol. The van der Waals surface area contributed by atoms with Gasteiger partial charge in [0, 0.05) is 54.6 Å². The Hall–Kier alpha value is -2.76. The molecule has 31 heavy (non-hydrogen) atoms. The number of benzene rings is 3. The molecule has 3 aromatic rings. The van der Waals surface area contributed by atoms with Gasteiger partial charge in [0.05, 0.1) is 0 Å². The van der Waals surface area contributed by atoms with Crippen molar-refractivity contribution in [1.29, 1.82) is 0 Å². The highest BCUT2D eigenvalue weighted by molar-refractivity contribution is 7.98. The third kappa shape index (κ3) is 6.12. The smallest absolute Gasteiger partial charge is 0.251 e. The van der Waals surface area contributed by atoms with Crippen LogP contribution in [-0.2, 0) is 12.3 Å². The summed E-state index contributed by atoms with van der Waals surface area (Å²) >= 11 is 1.80. The van der Waals surface area contributed by atoms with Gasteiger partial charge in [-0.05, 0) is 54.6 Å². The van der Waals surface area contributed by atoms with Gasteiger partial charge < -0.3 is 15.1 Å². The molecule has 0 unspecified atom stereocenters. The summed E-state index contributed by atoms with van der Waals surface area (Å²) in [4.78, 5) is 18.6. The second kappa shape index (κ2) is 10.5. The van der Waals surface area contributed by atoms with Gasteiger partial charge in [-0.3, -0.25) is 4.79 Å². The first-order chi connectivity index (χ1) is 15.2. The fourth-order valence-corrected chi connectivity index (χ4v) is 4.48. The molecular formula is C26H29N3OS. The Bertz CT molecular complexity index is 966. The van der Waals surface area contributed by atoms with Gasteiger partial charge >= 0.3 is 0 Å². The SMILES string of the molecule is CN1CCN(c2ccc(CNC(=O)c3ccc(CSc4ccccc4)cc3)cc2)CC1. The van der Waals surface area contributed by atoms with Gasteiger partial charge in [0.25, 0.3) is 5.91 Å². The van der Waals surface area contributed by atoms with Crippen LogP contribution >= 0.6 is 11.8 Å². The summed E-state index contributed by atoms with van der Waals surface area (Å²) in [5.41, 5.74) is 4.28. The van der Waals surface area contributed by atoms with Crippen molar-refractivity contribution in [2.75, 3.05) is 38.1 Å². The number of rotatable bonds is 7. The highest BCUT2D eigenvalue weighted by Crippen LogP contribution is 2.22. The number of hydrogen-bond acceptors (Lipinski definition) is 4. The first kappa shape index (κ1) is 21.5. The molecule has 0 atom stereocenters.